The van der Waals surface area contributed by atoms with Gasteiger partial charge in [-0.05, 0) is 112 Å². The first-order valence-electron chi connectivity index (χ1n) is 18.2. The number of allylic oxidation sites excluding steroid dienone is 7. The van der Waals surface area contributed by atoms with Gasteiger partial charge in [0.2, 0.25) is 0 Å². The van der Waals surface area contributed by atoms with E-state index in [0.717, 1.165) is 107 Å². The molecule has 8 aromatic rings. The fourth-order valence-electron chi connectivity index (χ4n) is 7.45. The van der Waals surface area contributed by atoms with E-state index in [1.807, 2.05) is 49.4 Å². The molecular weight excluding hydrogens is 659 g/mol. The van der Waals surface area contributed by atoms with Gasteiger partial charge in [0.1, 0.15) is 11.2 Å². The number of aromatic nitrogens is 2. The molecule has 9 rings (SSSR count). The maximum absolute atomic E-state index is 10.1. The van der Waals surface area contributed by atoms with E-state index in [9.17, 15) is 5.26 Å². The highest BCUT2D eigenvalue weighted by Gasteiger charge is 2.15. The van der Waals surface area contributed by atoms with Crippen LogP contribution in [0.25, 0.3) is 88.6 Å². The summed E-state index contributed by atoms with van der Waals surface area (Å²) in [5.74, 6) is 0.689. The Bertz CT molecular complexity index is 2910. The van der Waals surface area contributed by atoms with Crippen molar-refractivity contribution in [2.45, 2.75) is 19.8 Å². The molecule has 1 aliphatic rings. The van der Waals surface area contributed by atoms with Crippen LogP contribution in [0.15, 0.2) is 169 Å². The predicted octanol–water partition coefficient (Wildman–Crippen LogP) is 13.4. The number of furan rings is 1. The van der Waals surface area contributed by atoms with Crippen molar-refractivity contribution in [1.29, 1.82) is 5.26 Å². The Balaban J connectivity index is 1.06. The maximum Gasteiger partial charge on any atom is 0.160 e. The molecule has 0 aliphatic heterocycles. The van der Waals surface area contributed by atoms with Crippen LogP contribution in [-0.2, 0) is 0 Å². The molecule has 0 atom stereocenters. The van der Waals surface area contributed by atoms with E-state index in [0.29, 0.717) is 11.4 Å². The molecule has 0 saturated carbocycles. The molecule has 0 spiro atoms. The molecule has 256 valence electrons. The molecule has 0 N–H and O–H groups in total. The van der Waals surface area contributed by atoms with Crippen molar-refractivity contribution in [3.8, 4) is 50.8 Å². The van der Waals surface area contributed by atoms with Gasteiger partial charge in [0.05, 0.1) is 23.0 Å². The van der Waals surface area contributed by atoms with Crippen LogP contribution in [-0.4, -0.2) is 9.97 Å². The standard InChI is InChI=1S/C50H35N3O/c1-3-33(4-2)46-30-47(36-11-6-5-7-12-36)53-50(52-46)37-21-17-34(18-22-37)38-23-19-35-20-24-39(28-41(35)27-38)40-25-32(31-51)26-42(29-40)43-14-10-15-45-44-13-8-9-16-48(44)54-49(43)45/h3-4,6,8-30H,1,5,7H2,2H3/b33-4+. The van der Waals surface area contributed by atoms with Crippen molar-refractivity contribution < 1.29 is 4.42 Å². The third kappa shape index (κ3) is 6.02. The summed E-state index contributed by atoms with van der Waals surface area (Å²) in [5.41, 5.74) is 13.3. The highest BCUT2D eigenvalue weighted by atomic mass is 16.3. The Labute approximate surface area is 314 Å². The van der Waals surface area contributed by atoms with Crippen molar-refractivity contribution in [3.63, 3.8) is 0 Å². The third-order valence-corrected chi connectivity index (χ3v) is 10.3. The van der Waals surface area contributed by atoms with Gasteiger partial charge in [-0.1, -0.05) is 122 Å². The molecule has 2 heterocycles. The van der Waals surface area contributed by atoms with Gasteiger partial charge < -0.3 is 4.42 Å². The Morgan fingerprint density at radius 3 is 2.20 bits per heavy atom. The number of hydrogen-bond acceptors (Lipinski definition) is 4. The molecule has 0 fully saturated rings. The summed E-state index contributed by atoms with van der Waals surface area (Å²) in [6.07, 6.45) is 12.5. The summed E-state index contributed by atoms with van der Waals surface area (Å²) in [7, 11) is 0. The first-order chi connectivity index (χ1) is 26.6. The summed E-state index contributed by atoms with van der Waals surface area (Å²) in [6, 6.07) is 46.4. The number of benzene rings is 6. The van der Waals surface area contributed by atoms with Crippen molar-refractivity contribution in [3.05, 3.63) is 181 Å². The molecule has 0 bridgehead atoms. The van der Waals surface area contributed by atoms with E-state index in [-0.39, 0.29) is 0 Å². The molecule has 0 radical (unpaired) electrons. The Morgan fingerprint density at radius 2 is 1.44 bits per heavy atom. The normalized spacial score (nSPS) is 13.0. The van der Waals surface area contributed by atoms with Crippen molar-refractivity contribution in [2.75, 3.05) is 0 Å². The molecule has 0 saturated heterocycles. The monoisotopic (exact) mass is 693 g/mol. The molecular formula is C50H35N3O. The largest absolute Gasteiger partial charge is 0.455 e. The predicted molar refractivity (Wildman–Crippen MR) is 223 cm³/mol. The number of nitrogens with zero attached hydrogens (tertiary/aromatic N) is 3. The van der Waals surface area contributed by atoms with Gasteiger partial charge in [-0.3, -0.25) is 0 Å². The fourth-order valence-corrected chi connectivity index (χ4v) is 7.45. The topological polar surface area (TPSA) is 62.7 Å². The van der Waals surface area contributed by atoms with Gasteiger partial charge in [-0.2, -0.15) is 5.26 Å². The zero-order valence-corrected chi connectivity index (χ0v) is 29.9. The van der Waals surface area contributed by atoms with Crippen LogP contribution in [0, 0.1) is 11.3 Å². The zero-order chi connectivity index (χ0) is 36.6. The number of rotatable bonds is 7. The molecule has 1 aliphatic carbocycles. The number of fused-ring (bicyclic) bond motifs is 4. The number of para-hydroxylation sites is 2. The second kappa shape index (κ2) is 13.8. The van der Waals surface area contributed by atoms with Crippen LogP contribution in [0.4, 0.5) is 0 Å². The van der Waals surface area contributed by atoms with Gasteiger partial charge in [-0.25, -0.2) is 9.97 Å². The quantitative estimate of drug-likeness (QED) is 0.156. The molecule has 6 aromatic carbocycles. The van der Waals surface area contributed by atoms with Crippen LogP contribution in [0.2, 0.25) is 0 Å². The van der Waals surface area contributed by atoms with Crippen LogP contribution in [0.1, 0.15) is 36.7 Å². The van der Waals surface area contributed by atoms with Crippen LogP contribution < -0.4 is 0 Å². The molecule has 54 heavy (non-hydrogen) atoms. The number of nitriles is 1. The molecule has 0 amide bonds. The summed E-state index contributed by atoms with van der Waals surface area (Å²) < 4.78 is 6.36. The first kappa shape index (κ1) is 32.8. The summed E-state index contributed by atoms with van der Waals surface area (Å²) in [6.45, 7) is 6.01. The summed E-state index contributed by atoms with van der Waals surface area (Å²) >= 11 is 0. The van der Waals surface area contributed by atoms with Crippen LogP contribution in [0.5, 0.6) is 0 Å². The highest BCUT2D eigenvalue weighted by molar-refractivity contribution is 6.09. The van der Waals surface area contributed by atoms with E-state index in [4.69, 9.17) is 14.4 Å². The Hall–Kier alpha value is -7.09. The summed E-state index contributed by atoms with van der Waals surface area (Å²) in [4.78, 5) is 9.96. The van der Waals surface area contributed by atoms with Gasteiger partial charge >= 0.3 is 0 Å². The minimum Gasteiger partial charge on any atom is -0.455 e. The van der Waals surface area contributed by atoms with E-state index < -0.39 is 0 Å². The fraction of sp³-hybridized carbons (Fsp3) is 0.0600. The van der Waals surface area contributed by atoms with Gasteiger partial charge in [-0.15, -0.1) is 0 Å². The SMILES string of the molecule is C=C/C(=C\C)c1cc(C2=CCCC=C2)nc(-c2ccc(-c3ccc4ccc(-c5cc(C#N)cc(-c6cccc7c6oc6ccccc67)c5)cc4c3)cc2)n1. The lowest BCUT2D eigenvalue weighted by Crippen LogP contribution is -2.00. The summed E-state index contributed by atoms with van der Waals surface area (Å²) in [5, 5.41) is 14.5. The average molecular weight is 694 g/mol. The van der Waals surface area contributed by atoms with E-state index in [1.54, 1.807) is 0 Å². The van der Waals surface area contributed by atoms with Crippen molar-refractivity contribution >= 4 is 43.9 Å². The zero-order valence-electron chi connectivity index (χ0n) is 29.9. The average Bonchev–Trinajstić information content (AvgIpc) is 3.63. The number of hydrogen-bond donors (Lipinski definition) is 0. The third-order valence-electron chi connectivity index (χ3n) is 10.3. The highest BCUT2D eigenvalue weighted by Crippen LogP contribution is 2.38. The lowest BCUT2D eigenvalue weighted by molar-refractivity contribution is 0.670. The van der Waals surface area contributed by atoms with E-state index in [2.05, 4.69) is 128 Å². The van der Waals surface area contributed by atoms with E-state index >= 15 is 0 Å². The molecule has 2 aromatic heterocycles. The van der Waals surface area contributed by atoms with Crippen molar-refractivity contribution in [2.24, 2.45) is 0 Å². The van der Waals surface area contributed by atoms with Crippen LogP contribution in [0.3, 0.4) is 0 Å². The Morgan fingerprint density at radius 1 is 0.704 bits per heavy atom. The van der Waals surface area contributed by atoms with Crippen LogP contribution >= 0.6 is 0 Å². The molecule has 0 unspecified atom stereocenters. The van der Waals surface area contributed by atoms with Gasteiger partial charge in [0, 0.05) is 21.9 Å². The lowest BCUT2D eigenvalue weighted by atomic mass is 9.93. The smallest absolute Gasteiger partial charge is 0.160 e. The minimum atomic E-state index is 0.601. The molecule has 4 nitrogen and oxygen atoms in total. The van der Waals surface area contributed by atoms with E-state index in [1.165, 1.54) is 0 Å². The van der Waals surface area contributed by atoms with Gasteiger partial charge in [0.25, 0.3) is 0 Å². The minimum absolute atomic E-state index is 0.601. The second-order valence-corrected chi connectivity index (χ2v) is 13.6. The Kier molecular flexibility index (Phi) is 8.38. The lowest BCUT2D eigenvalue weighted by Gasteiger charge is -2.12. The maximum atomic E-state index is 10.1. The van der Waals surface area contributed by atoms with Gasteiger partial charge in [0.15, 0.2) is 5.82 Å². The first-order valence-corrected chi connectivity index (χ1v) is 18.2. The second-order valence-electron chi connectivity index (χ2n) is 13.6. The molecule has 4 heteroatoms. The van der Waals surface area contributed by atoms with Crippen molar-refractivity contribution in [1.82, 2.24) is 9.97 Å².